The van der Waals surface area contributed by atoms with Gasteiger partial charge in [-0.1, -0.05) is 30.3 Å². The topological polar surface area (TPSA) is 75.4 Å². The molecule has 0 saturated carbocycles. The zero-order chi connectivity index (χ0) is 15.2. The highest BCUT2D eigenvalue weighted by Gasteiger charge is 2.27. The van der Waals surface area contributed by atoms with Gasteiger partial charge in [0.1, 0.15) is 0 Å². The van der Waals surface area contributed by atoms with Crippen LogP contribution in [0.5, 0.6) is 0 Å². The summed E-state index contributed by atoms with van der Waals surface area (Å²) in [5.74, 6) is -0.0863. The second-order valence-electron chi connectivity index (χ2n) is 5.62. The maximum Gasteiger partial charge on any atom is 0.239 e. The molecule has 22 heavy (non-hydrogen) atoms. The molecule has 122 valence electrons. The number of hydrogen-bond acceptors (Lipinski definition) is 3. The predicted molar refractivity (Wildman–Crippen MR) is 88.8 cm³/mol. The normalized spacial score (nSPS) is 19.0. The van der Waals surface area contributed by atoms with Crippen LogP contribution >= 0.6 is 12.4 Å². The molecule has 1 aromatic carbocycles. The zero-order valence-electron chi connectivity index (χ0n) is 12.8. The fourth-order valence-electron chi connectivity index (χ4n) is 2.77. The maximum absolute atomic E-state index is 12.4. The number of piperidine rings is 1. The van der Waals surface area contributed by atoms with Crippen molar-refractivity contribution in [1.82, 2.24) is 10.2 Å². The van der Waals surface area contributed by atoms with Gasteiger partial charge in [0.15, 0.2) is 0 Å². The average molecular weight is 326 g/mol. The number of carbonyl (C=O) groups excluding carboxylic acids is 2. The lowest BCUT2D eigenvalue weighted by Crippen LogP contribution is -2.53. The van der Waals surface area contributed by atoms with Crippen LogP contribution in [-0.4, -0.2) is 41.9 Å². The Labute approximate surface area is 137 Å². The number of hydrogen-bond donors (Lipinski definition) is 2. The lowest BCUT2D eigenvalue weighted by Gasteiger charge is -2.34. The molecule has 0 spiro atoms. The zero-order valence-corrected chi connectivity index (χ0v) is 13.6. The van der Waals surface area contributed by atoms with E-state index in [0.717, 1.165) is 24.9 Å². The van der Waals surface area contributed by atoms with Crippen LogP contribution in [0.25, 0.3) is 0 Å². The van der Waals surface area contributed by atoms with Gasteiger partial charge in [0.25, 0.3) is 0 Å². The molecular weight excluding hydrogens is 302 g/mol. The second-order valence-corrected chi connectivity index (χ2v) is 5.62. The van der Waals surface area contributed by atoms with Crippen molar-refractivity contribution in [2.45, 2.75) is 38.3 Å². The number of carbonyl (C=O) groups is 2. The Kier molecular flexibility index (Phi) is 7.35. The van der Waals surface area contributed by atoms with Gasteiger partial charge in [0.05, 0.1) is 6.04 Å². The van der Waals surface area contributed by atoms with Crippen molar-refractivity contribution < 1.29 is 9.59 Å². The van der Waals surface area contributed by atoms with E-state index >= 15 is 0 Å². The molecule has 0 bridgehead atoms. The lowest BCUT2D eigenvalue weighted by molar-refractivity contribution is -0.134. The summed E-state index contributed by atoms with van der Waals surface area (Å²) in [5, 5.41) is 2.88. The fraction of sp³-hybridized carbons (Fsp3) is 0.500. The van der Waals surface area contributed by atoms with Crippen molar-refractivity contribution in [1.29, 1.82) is 0 Å². The van der Waals surface area contributed by atoms with E-state index in [0.29, 0.717) is 13.0 Å². The van der Waals surface area contributed by atoms with Crippen molar-refractivity contribution in [3.05, 3.63) is 35.9 Å². The average Bonchev–Trinajstić information content (AvgIpc) is 2.47. The first kappa shape index (κ1) is 18.5. The van der Waals surface area contributed by atoms with Crippen molar-refractivity contribution in [3.8, 4) is 0 Å². The number of halogens is 1. The van der Waals surface area contributed by atoms with Gasteiger partial charge in [0.2, 0.25) is 11.8 Å². The molecule has 0 aliphatic carbocycles. The maximum atomic E-state index is 12.4. The summed E-state index contributed by atoms with van der Waals surface area (Å²) < 4.78 is 0. The van der Waals surface area contributed by atoms with E-state index in [1.54, 1.807) is 4.90 Å². The van der Waals surface area contributed by atoms with E-state index in [-0.39, 0.29) is 30.3 Å². The molecule has 2 atom stereocenters. The van der Waals surface area contributed by atoms with Gasteiger partial charge in [-0.3, -0.25) is 9.59 Å². The number of nitrogens with one attached hydrogen (secondary N) is 1. The standard InChI is InChI=1S/C16H23N3O2.ClH/c1-12(20)18-14-8-5-9-19(11-14)16(21)15(17)10-13-6-3-2-4-7-13;/h2-4,6-7,14-15H,5,8-11,17H2,1H3,(H,18,20);1H/t14?,15-;/m0./s1. The molecule has 2 amide bonds. The molecule has 0 aromatic heterocycles. The Bertz CT molecular complexity index is 495. The Morgan fingerprint density at radius 1 is 1.36 bits per heavy atom. The Morgan fingerprint density at radius 2 is 2.05 bits per heavy atom. The number of likely N-dealkylation sites (tertiary alicyclic amines) is 1. The summed E-state index contributed by atoms with van der Waals surface area (Å²) in [4.78, 5) is 25.3. The Morgan fingerprint density at radius 3 is 2.68 bits per heavy atom. The smallest absolute Gasteiger partial charge is 0.239 e. The van der Waals surface area contributed by atoms with Crippen molar-refractivity contribution in [3.63, 3.8) is 0 Å². The molecule has 6 heteroatoms. The molecule has 1 unspecified atom stereocenters. The third-order valence-corrected chi connectivity index (χ3v) is 3.76. The van der Waals surface area contributed by atoms with E-state index in [1.807, 2.05) is 30.3 Å². The molecular formula is C16H24ClN3O2. The minimum atomic E-state index is -0.525. The van der Waals surface area contributed by atoms with Crippen LogP contribution in [0, 0.1) is 0 Å². The fourth-order valence-corrected chi connectivity index (χ4v) is 2.77. The Balaban J connectivity index is 0.00000242. The third-order valence-electron chi connectivity index (χ3n) is 3.76. The van der Waals surface area contributed by atoms with Crippen LogP contribution in [0.15, 0.2) is 30.3 Å². The predicted octanol–water partition coefficient (Wildman–Crippen LogP) is 1.11. The van der Waals surface area contributed by atoms with Crippen LogP contribution in [0.4, 0.5) is 0 Å². The number of nitrogens with zero attached hydrogens (tertiary/aromatic N) is 1. The lowest BCUT2D eigenvalue weighted by atomic mass is 10.0. The molecule has 1 heterocycles. The van der Waals surface area contributed by atoms with E-state index < -0.39 is 6.04 Å². The molecule has 5 nitrogen and oxygen atoms in total. The highest BCUT2D eigenvalue weighted by atomic mass is 35.5. The van der Waals surface area contributed by atoms with E-state index in [2.05, 4.69) is 5.32 Å². The van der Waals surface area contributed by atoms with Crippen molar-refractivity contribution in [2.75, 3.05) is 13.1 Å². The quantitative estimate of drug-likeness (QED) is 0.870. The number of benzene rings is 1. The number of rotatable bonds is 4. The van der Waals surface area contributed by atoms with E-state index in [4.69, 9.17) is 5.73 Å². The molecule has 1 saturated heterocycles. The molecule has 1 fully saturated rings. The van der Waals surface area contributed by atoms with Gasteiger partial charge >= 0.3 is 0 Å². The van der Waals surface area contributed by atoms with Gasteiger partial charge in [-0.15, -0.1) is 12.4 Å². The van der Waals surface area contributed by atoms with Crippen LogP contribution in [0.3, 0.4) is 0 Å². The summed E-state index contributed by atoms with van der Waals surface area (Å²) in [7, 11) is 0. The summed E-state index contributed by atoms with van der Waals surface area (Å²) >= 11 is 0. The van der Waals surface area contributed by atoms with Gasteiger partial charge in [0, 0.05) is 26.1 Å². The van der Waals surface area contributed by atoms with E-state index in [1.165, 1.54) is 6.92 Å². The molecule has 2 rings (SSSR count). The largest absolute Gasteiger partial charge is 0.352 e. The third kappa shape index (κ3) is 5.31. The minimum absolute atomic E-state index is 0. The van der Waals surface area contributed by atoms with Gasteiger partial charge in [-0.05, 0) is 24.8 Å². The second kappa shape index (κ2) is 8.76. The minimum Gasteiger partial charge on any atom is -0.352 e. The monoisotopic (exact) mass is 325 g/mol. The summed E-state index contributed by atoms with van der Waals surface area (Å²) in [6.45, 7) is 2.78. The molecule has 3 N–H and O–H groups in total. The van der Waals surface area contributed by atoms with Crippen molar-refractivity contribution >= 4 is 24.2 Å². The van der Waals surface area contributed by atoms with Gasteiger partial charge < -0.3 is 16.0 Å². The highest BCUT2D eigenvalue weighted by Crippen LogP contribution is 2.12. The summed E-state index contributed by atoms with van der Waals surface area (Å²) in [6, 6.07) is 9.31. The van der Waals surface area contributed by atoms with Crippen molar-refractivity contribution in [2.24, 2.45) is 5.73 Å². The first-order chi connectivity index (χ1) is 10.1. The SMILES string of the molecule is CC(=O)NC1CCCN(C(=O)[C@@H](N)Cc2ccccc2)C1.Cl. The molecule has 0 radical (unpaired) electrons. The van der Waals surface area contributed by atoms with E-state index in [9.17, 15) is 9.59 Å². The number of nitrogens with two attached hydrogens (primary N) is 1. The van der Waals surface area contributed by atoms with Crippen LogP contribution in [-0.2, 0) is 16.0 Å². The summed E-state index contributed by atoms with van der Waals surface area (Å²) in [5.41, 5.74) is 7.11. The molecule has 1 aromatic rings. The van der Waals surface area contributed by atoms with Crippen LogP contribution in [0.1, 0.15) is 25.3 Å². The van der Waals surface area contributed by atoms with Crippen LogP contribution in [0.2, 0.25) is 0 Å². The first-order valence-electron chi connectivity index (χ1n) is 7.41. The first-order valence-corrected chi connectivity index (χ1v) is 7.41. The van der Waals surface area contributed by atoms with Crippen LogP contribution < -0.4 is 11.1 Å². The Hall–Kier alpha value is -1.59. The highest BCUT2D eigenvalue weighted by molar-refractivity contribution is 5.85. The molecule has 1 aliphatic rings. The van der Waals surface area contributed by atoms with Gasteiger partial charge in [-0.25, -0.2) is 0 Å². The molecule has 1 aliphatic heterocycles. The van der Waals surface area contributed by atoms with Gasteiger partial charge in [-0.2, -0.15) is 0 Å². The number of amides is 2. The summed E-state index contributed by atoms with van der Waals surface area (Å²) in [6.07, 6.45) is 2.35.